The molecule has 0 saturated carbocycles. The van der Waals surface area contributed by atoms with Gasteiger partial charge < -0.3 is 10.3 Å². The molecule has 0 unspecified atom stereocenters. The monoisotopic (exact) mass is 263 g/mol. The van der Waals surface area contributed by atoms with Gasteiger partial charge in [-0.1, -0.05) is 6.07 Å². The van der Waals surface area contributed by atoms with E-state index in [2.05, 4.69) is 20.1 Å². The Morgan fingerprint density at radius 2 is 2.25 bits per heavy atom. The van der Waals surface area contributed by atoms with Crippen molar-refractivity contribution in [3.8, 4) is 0 Å². The van der Waals surface area contributed by atoms with Crippen LogP contribution in [0.3, 0.4) is 0 Å². The van der Waals surface area contributed by atoms with Crippen molar-refractivity contribution in [2.24, 2.45) is 5.92 Å². The third-order valence-corrected chi connectivity index (χ3v) is 3.83. The number of hydrogen-bond donors (Lipinski definition) is 2. The highest BCUT2D eigenvalue weighted by Gasteiger charge is 2.19. The minimum Gasteiger partial charge on any atom is -0.341 e. The lowest BCUT2D eigenvalue weighted by molar-refractivity contribution is 0.342. The largest absolute Gasteiger partial charge is 0.341 e. The minimum atomic E-state index is 0.625. The maximum atomic E-state index is 7.13. The predicted molar refractivity (Wildman–Crippen MR) is 77.7 cm³/mol. The molecule has 98 valence electrons. The van der Waals surface area contributed by atoms with E-state index in [1.807, 2.05) is 18.3 Å². The number of nitrogens with zero attached hydrogens (tertiary/aromatic N) is 3. The van der Waals surface area contributed by atoms with Gasteiger partial charge in [0.15, 0.2) is 5.69 Å². The molecule has 5 nitrogen and oxygen atoms in total. The quantitative estimate of drug-likeness (QED) is 0.698. The highest BCUT2D eigenvalue weighted by Crippen LogP contribution is 2.26. The van der Waals surface area contributed by atoms with Crippen LogP contribution in [0.5, 0.6) is 0 Å². The van der Waals surface area contributed by atoms with Gasteiger partial charge in [-0.25, -0.2) is 9.83 Å². The second-order valence-corrected chi connectivity index (χ2v) is 5.25. The van der Waals surface area contributed by atoms with Crippen molar-refractivity contribution in [2.45, 2.75) is 6.42 Å². The lowest BCUT2D eigenvalue weighted by atomic mass is 9.99. The van der Waals surface area contributed by atoms with Crippen molar-refractivity contribution >= 4 is 27.6 Å². The summed E-state index contributed by atoms with van der Waals surface area (Å²) in [5.41, 5.74) is 3.37. The zero-order valence-electron chi connectivity index (χ0n) is 10.8. The number of rotatable bonds is 2. The maximum absolute atomic E-state index is 7.13. The van der Waals surface area contributed by atoms with Gasteiger partial charge in [0.25, 0.3) is 0 Å². The molecule has 3 heterocycles. The maximum Gasteiger partial charge on any atom is 0.188 e. The van der Waals surface area contributed by atoms with Gasteiger partial charge in [0.05, 0.1) is 29.3 Å². The normalized spacial score (nSPS) is 15.3. The van der Waals surface area contributed by atoms with Crippen LogP contribution in [-0.4, -0.2) is 28.0 Å². The molecule has 5 heteroatoms. The van der Waals surface area contributed by atoms with Crippen molar-refractivity contribution in [2.75, 3.05) is 13.1 Å². The lowest BCUT2D eigenvalue weighted by Crippen LogP contribution is -2.43. The number of hydrogen-bond acceptors (Lipinski definition) is 3. The Labute approximate surface area is 115 Å². The number of pyridine rings is 1. The van der Waals surface area contributed by atoms with Crippen LogP contribution in [0, 0.1) is 12.5 Å². The van der Waals surface area contributed by atoms with Crippen molar-refractivity contribution in [1.29, 1.82) is 0 Å². The average molecular weight is 263 g/mol. The van der Waals surface area contributed by atoms with Crippen LogP contribution < -0.4 is 5.32 Å². The van der Waals surface area contributed by atoms with E-state index in [1.54, 1.807) is 6.07 Å². The molecule has 0 bridgehead atoms. The molecule has 1 aliphatic rings. The first-order chi connectivity index (χ1) is 9.83. The molecule has 0 amide bonds. The summed E-state index contributed by atoms with van der Waals surface area (Å²) in [6.45, 7) is 9.26. The second-order valence-electron chi connectivity index (χ2n) is 5.25. The van der Waals surface area contributed by atoms with Gasteiger partial charge in [0.1, 0.15) is 5.82 Å². The van der Waals surface area contributed by atoms with E-state index in [0.29, 0.717) is 11.6 Å². The van der Waals surface area contributed by atoms with Crippen LogP contribution in [0.25, 0.3) is 26.8 Å². The molecule has 0 atom stereocenters. The van der Waals surface area contributed by atoms with Crippen molar-refractivity contribution < 1.29 is 0 Å². The SMILES string of the molecule is [C-]#[N+]c1ccc2ncc3[nH]c(CC4CNC4)nc3c2c1. The van der Waals surface area contributed by atoms with Crippen LogP contribution in [-0.2, 0) is 6.42 Å². The standard InChI is InChI=1S/C15H13N5/c1-16-10-2-3-12-11(5-10)15-13(8-18-12)19-14(20-15)4-9-6-17-7-9/h2-3,5,8-9,17H,4,6-7H2,(H,19,20). The van der Waals surface area contributed by atoms with E-state index in [9.17, 15) is 0 Å². The van der Waals surface area contributed by atoms with Gasteiger partial charge in [-0.15, -0.1) is 0 Å². The highest BCUT2D eigenvalue weighted by atomic mass is 15.0. The van der Waals surface area contributed by atoms with Gasteiger partial charge in [0, 0.05) is 11.8 Å². The molecule has 4 rings (SSSR count). The van der Waals surface area contributed by atoms with Crippen molar-refractivity contribution in [1.82, 2.24) is 20.3 Å². The topological polar surface area (TPSA) is 58.0 Å². The summed E-state index contributed by atoms with van der Waals surface area (Å²) in [5.74, 6) is 1.68. The number of imidazole rings is 1. The van der Waals surface area contributed by atoms with Crippen LogP contribution >= 0.6 is 0 Å². The number of aromatic amines is 1. The van der Waals surface area contributed by atoms with Crippen molar-refractivity contribution in [3.63, 3.8) is 0 Å². The van der Waals surface area contributed by atoms with E-state index in [4.69, 9.17) is 11.6 Å². The minimum absolute atomic E-state index is 0.625. The summed E-state index contributed by atoms with van der Waals surface area (Å²) in [7, 11) is 0. The Morgan fingerprint density at radius 1 is 1.35 bits per heavy atom. The van der Waals surface area contributed by atoms with Gasteiger partial charge >= 0.3 is 0 Å². The Balaban J connectivity index is 1.87. The Kier molecular flexibility index (Phi) is 2.44. The van der Waals surface area contributed by atoms with Crippen LogP contribution in [0.15, 0.2) is 24.4 Å². The van der Waals surface area contributed by atoms with Gasteiger partial charge in [0.2, 0.25) is 0 Å². The molecule has 3 aromatic rings. The first kappa shape index (κ1) is 11.4. The van der Waals surface area contributed by atoms with Gasteiger partial charge in [-0.2, -0.15) is 0 Å². The first-order valence-electron chi connectivity index (χ1n) is 6.69. The molecule has 1 aromatic carbocycles. The third-order valence-electron chi connectivity index (χ3n) is 3.83. The Bertz CT molecular complexity index is 838. The Morgan fingerprint density at radius 3 is 3.00 bits per heavy atom. The fourth-order valence-corrected chi connectivity index (χ4v) is 2.63. The molecule has 1 fully saturated rings. The molecule has 1 saturated heterocycles. The predicted octanol–water partition coefficient (Wildman–Crippen LogP) is 2.42. The van der Waals surface area contributed by atoms with E-state index in [1.165, 1.54) is 0 Å². The molecule has 0 aliphatic carbocycles. The zero-order chi connectivity index (χ0) is 13.5. The number of H-pyrrole nitrogens is 1. The highest BCUT2D eigenvalue weighted by molar-refractivity contribution is 6.03. The smallest absolute Gasteiger partial charge is 0.188 e. The summed E-state index contributed by atoms with van der Waals surface area (Å²) in [4.78, 5) is 16.0. The first-order valence-corrected chi connectivity index (χ1v) is 6.69. The fourth-order valence-electron chi connectivity index (χ4n) is 2.63. The molecule has 0 spiro atoms. The number of fused-ring (bicyclic) bond motifs is 3. The van der Waals surface area contributed by atoms with E-state index in [-0.39, 0.29) is 0 Å². The Hall–Kier alpha value is -2.45. The summed E-state index contributed by atoms with van der Waals surface area (Å²) >= 11 is 0. The average Bonchev–Trinajstić information content (AvgIpc) is 2.85. The van der Waals surface area contributed by atoms with E-state index in [0.717, 1.165) is 47.3 Å². The molecule has 20 heavy (non-hydrogen) atoms. The summed E-state index contributed by atoms with van der Waals surface area (Å²) in [6, 6.07) is 5.54. The molecule has 0 radical (unpaired) electrons. The number of nitrogens with one attached hydrogen (secondary N) is 2. The summed E-state index contributed by atoms with van der Waals surface area (Å²) < 4.78 is 0. The second kappa shape index (κ2) is 4.29. The van der Waals surface area contributed by atoms with Crippen LogP contribution in [0.2, 0.25) is 0 Å². The zero-order valence-corrected chi connectivity index (χ0v) is 10.8. The summed E-state index contributed by atoms with van der Waals surface area (Å²) in [5, 5.41) is 4.22. The molecular formula is C15H13N5. The number of benzene rings is 1. The number of aromatic nitrogens is 3. The molecular weight excluding hydrogens is 250 g/mol. The van der Waals surface area contributed by atoms with Gasteiger partial charge in [-0.05, 0) is 31.1 Å². The van der Waals surface area contributed by atoms with Gasteiger partial charge in [-0.3, -0.25) is 4.98 Å². The molecule has 1 aliphatic heterocycles. The van der Waals surface area contributed by atoms with Crippen LogP contribution in [0.4, 0.5) is 5.69 Å². The lowest BCUT2D eigenvalue weighted by Gasteiger charge is -2.25. The molecule has 2 aromatic heterocycles. The summed E-state index contributed by atoms with van der Waals surface area (Å²) in [6.07, 6.45) is 2.79. The molecule has 2 N–H and O–H groups in total. The fraction of sp³-hybridized carbons (Fsp3) is 0.267. The van der Waals surface area contributed by atoms with E-state index < -0.39 is 0 Å². The van der Waals surface area contributed by atoms with Crippen LogP contribution in [0.1, 0.15) is 5.82 Å². The third kappa shape index (κ3) is 1.74. The van der Waals surface area contributed by atoms with E-state index >= 15 is 0 Å². The van der Waals surface area contributed by atoms with Crippen molar-refractivity contribution in [3.05, 3.63) is 41.6 Å².